The molecular weight excluding hydrogens is 278 g/mol. The van der Waals surface area contributed by atoms with Gasteiger partial charge >= 0.3 is 5.97 Å². The lowest BCUT2D eigenvalue weighted by atomic mass is 9.68. The molecule has 120 valence electrons. The zero-order valence-corrected chi connectivity index (χ0v) is 13.3. The molecule has 1 heterocycles. The molecule has 0 atom stereocenters. The number of nitrogens with zero attached hydrogens (tertiary/aromatic N) is 1. The third-order valence-electron chi connectivity index (χ3n) is 5.14. The van der Waals surface area contributed by atoms with Crippen molar-refractivity contribution in [2.24, 2.45) is 0 Å². The van der Waals surface area contributed by atoms with Crippen molar-refractivity contribution in [3.8, 4) is 0 Å². The number of aryl methyl sites for hydroxylation is 1. The monoisotopic (exact) mass is 303 g/mol. The predicted molar refractivity (Wildman–Crippen MR) is 86.6 cm³/mol. The quantitative estimate of drug-likeness (QED) is 0.932. The van der Waals surface area contributed by atoms with E-state index in [0.717, 1.165) is 62.0 Å². The standard InChI is InChI=1S/C18H25NO3/c1-14-5-6-16(19-9-11-22-12-10-19)15(13-14)18(17(20)21)7-3-2-4-8-18/h5-6,13H,2-4,7-12H2,1H3,(H,20,21). The number of rotatable bonds is 3. The Bertz CT molecular complexity index is 543. The molecule has 1 saturated carbocycles. The Morgan fingerprint density at radius 2 is 1.86 bits per heavy atom. The average molecular weight is 303 g/mol. The Hall–Kier alpha value is -1.55. The third-order valence-corrected chi connectivity index (χ3v) is 5.14. The highest BCUT2D eigenvalue weighted by Gasteiger charge is 2.43. The number of hydrogen-bond donors (Lipinski definition) is 1. The first-order valence-corrected chi connectivity index (χ1v) is 8.31. The van der Waals surface area contributed by atoms with Gasteiger partial charge < -0.3 is 14.7 Å². The fourth-order valence-corrected chi connectivity index (χ4v) is 3.87. The highest BCUT2D eigenvalue weighted by molar-refractivity contribution is 5.84. The summed E-state index contributed by atoms with van der Waals surface area (Å²) in [6.07, 6.45) is 4.66. The van der Waals surface area contributed by atoms with Gasteiger partial charge in [-0.25, -0.2) is 0 Å². The average Bonchev–Trinajstić information content (AvgIpc) is 2.56. The van der Waals surface area contributed by atoms with Crippen LogP contribution in [-0.4, -0.2) is 37.4 Å². The number of benzene rings is 1. The smallest absolute Gasteiger partial charge is 0.314 e. The Labute approximate surface area is 132 Å². The van der Waals surface area contributed by atoms with Crippen molar-refractivity contribution in [2.45, 2.75) is 44.4 Å². The van der Waals surface area contributed by atoms with Crippen LogP contribution < -0.4 is 4.90 Å². The molecule has 0 radical (unpaired) electrons. The van der Waals surface area contributed by atoms with Crippen molar-refractivity contribution in [1.29, 1.82) is 0 Å². The summed E-state index contributed by atoms with van der Waals surface area (Å²) in [5, 5.41) is 10.0. The van der Waals surface area contributed by atoms with Crippen LogP contribution >= 0.6 is 0 Å². The van der Waals surface area contributed by atoms with Crippen LogP contribution in [0.4, 0.5) is 5.69 Å². The first kappa shape index (κ1) is 15.3. The molecule has 1 aromatic rings. The summed E-state index contributed by atoms with van der Waals surface area (Å²) in [6.45, 7) is 5.16. The van der Waals surface area contributed by atoms with Crippen LogP contribution in [0.3, 0.4) is 0 Å². The normalized spacial score (nSPS) is 21.6. The Morgan fingerprint density at radius 1 is 1.18 bits per heavy atom. The number of hydrogen-bond acceptors (Lipinski definition) is 3. The lowest BCUT2D eigenvalue weighted by molar-refractivity contribution is -0.145. The van der Waals surface area contributed by atoms with E-state index in [1.165, 1.54) is 0 Å². The molecule has 3 rings (SSSR count). The van der Waals surface area contributed by atoms with Crippen molar-refractivity contribution in [3.63, 3.8) is 0 Å². The Kier molecular flexibility index (Phi) is 4.39. The maximum atomic E-state index is 12.2. The van der Waals surface area contributed by atoms with Gasteiger partial charge in [0.1, 0.15) is 0 Å². The van der Waals surface area contributed by atoms with E-state index in [4.69, 9.17) is 4.74 Å². The SMILES string of the molecule is Cc1ccc(N2CCOCC2)c(C2(C(=O)O)CCCCC2)c1. The summed E-state index contributed by atoms with van der Waals surface area (Å²) in [6, 6.07) is 6.30. The first-order chi connectivity index (χ1) is 10.6. The van der Waals surface area contributed by atoms with E-state index in [1.54, 1.807) is 0 Å². The molecule has 0 amide bonds. The third kappa shape index (κ3) is 2.72. The van der Waals surface area contributed by atoms with Gasteiger partial charge in [-0.2, -0.15) is 0 Å². The van der Waals surface area contributed by atoms with E-state index in [9.17, 15) is 9.90 Å². The summed E-state index contributed by atoms with van der Waals surface area (Å²) in [7, 11) is 0. The molecule has 22 heavy (non-hydrogen) atoms. The molecule has 1 aliphatic heterocycles. The molecule has 2 aliphatic rings. The maximum Gasteiger partial charge on any atom is 0.314 e. The van der Waals surface area contributed by atoms with Crippen LogP contribution in [-0.2, 0) is 14.9 Å². The topological polar surface area (TPSA) is 49.8 Å². The molecule has 0 bridgehead atoms. The van der Waals surface area contributed by atoms with Gasteiger partial charge in [-0.3, -0.25) is 4.79 Å². The van der Waals surface area contributed by atoms with Gasteiger partial charge in [0, 0.05) is 18.8 Å². The summed E-state index contributed by atoms with van der Waals surface area (Å²) in [5.41, 5.74) is 2.54. The minimum Gasteiger partial charge on any atom is -0.481 e. The van der Waals surface area contributed by atoms with Crippen molar-refractivity contribution in [1.82, 2.24) is 0 Å². The fraction of sp³-hybridized carbons (Fsp3) is 0.611. The van der Waals surface area contributed by atoms with Crippen LogP contribution in [0, 0.1) is 6.92 Å². The minimum atomic E-state index is -0.710. The van der Waals surface area contributed by atoms with Crippen LogP contribution in [0.25, 0.3) is 0 Å². The van der Waals surface area contributed by atoms with Crippen LogP contribution in [0.2, 0.25) is 0 Å². The molecule has 0 spiro atoms. The zero-order valence-electron chi connectivity index (χ0n) is 13.3. The number of carboxylic acid groups (broad SMARTS) is 1. The van der Waals surface area contributed by atoms with Gasteiger partial charge in [0.2, 0.25) is 0 Å². The van der Waals surface area contributed by atoms with Crippen molar-refractivity contribution in [3.05, 3.63) is 29.3 Å². The van der Waals surface area contributed by atoms with Crippen molar-refractivity contribution < 1.29 is 14.6 Å². The minimum absolute atomic E-state index is 0.660. The fourth-order valence-electron chi connectivity index (χ4n) is 3.87. The van der Waals surface area contributed by atoms with Crippen LogP contribution in [0.1, 0.15) is 43.2 Å². The second kappa shape index (κ2) is 6.29. The number of morpholine rings is 1. The number of carboxylic acids is 1. The van der Waals surface area contributed by atoms with E-state index in [-0.39, 0.29) is 0 Å². The van der Waals surface area contributed by atoms with E-state index in [0.29, 0.717) is 13.2 Å². The summed E-state index contributed by atoms with van der Waals surface area (Å²) in [4.78, 5) is 14.5. The van der Waals surface area contributed by atoms with E-state index < -0.39 is 11.4 Å². The van der Waals surface area contributed by atoms with Gasteiger partial charge in [0.05, 0.1) is 18.6 Å². The van der Waals surface area contributed by atoms with Gasteiger partial charge in [-0.1, -0.05) is 37.0 Å². The molecule has 1 aliphatic carbocycles. The summed E-state index contributed by atoms with van der Waals surface area (Å²) >= 11 is 0. The summed E-state index contributed by atoms with van der Waals surface area (Å²) < 4.78 is 5.44. The lowest BCUT2D eigenvalue weighted by Crippen LogP contribution is -2.42. The molecule has 4 heteroatoms. The van der Waals surface area contributed by atoms with E-state index in [1.807, 2.05) is 6.92 Å². The van der Waals surface area contributed by atoms with Gasteiger partial charge in [0.25, 0.3) is 0 Å². The molecular formula is C18H25NO3. The molecule has 1 aromatic carbocycles. The van der Waals surface area contributed by atoms with Crippen molar-refractivity contribution >= 4 is 11.7 Å². The summed E-state index contributed by atoms with van der Waals surface area (Å²) in [5.74, 6) is -0.660. The Balaban J connectivity index is 2.06. The first-order valence-electron chi connectivity index (χ1n) is 8.31. The zero-order chi connectivity index (χ0) is 15.6. The van der Waals surface area contributed by atoms with Gasteiger partial charge in [-0.15, -0.1) is 0 Å². The van der Waals surface area contributed by atoms with Crippen molar-refractivity contribution in [2.75, 3.05) is 31.2 Å². The van der Waals surface area contributed by atoms with Gasteiger partial charge in [0.15, 0.2) is 0 Å². The molecule has 1 saturated heterocycles. The molecule has 2 fully saturated rings. The molecule has 0 aromatic heterocycles. The Morgan fingerprint density at radius 3 is 2.50 bits per heavy atom. The number of ether oxygens (including phenoxy) is 1. The largest absolute Gasteiger partial charge is 0.481 e. The molecule has 4 nitrogen and oxygen atoms in total. The van der Waals surface area contributed by atoms with Crippen LogP contribution in [0.5, 0.6) is 0 Å². The number of carbonyl (C=O) groups is 1. The number of aliphatic carboxylic acids is 1. The lowest BCUT2D eigenvalue weighted by Gasteiger charge is -2.39. The second-order valence-corrected chi connectivity index (χ2v) is 6.57. The van der Waals surface area contributed by atoms with Crippen LogP contribution in [0.15, 0.2) is 18.2 Å². The number of anilines is 1. The maximum absolute atomic E-state index is 12.2. The molecule has 1 N–H and O–H groups in total. The van der Waals surface area contributed by atoms with E-state index in [2.05, 4.69) is 23.1 Å². The second-order valence-electron chi connectivity index (χ2n) is 6.57. The predicted octanol–water partition coefficient (Wildman–Crippen LogP) is 3.12. The van der Waals surface area contributed by atoms with E-state index >= 15 is 0 Å². The van der Waals surface area contributed by atoms with Gasteiger partial charge in [-0.05, 0) is 31.4 Å². The highest BCUT2D eigenvalue weighted by Crippen LogP contribution is 2.44. The highest BCUT2D eigenvalue weighted by atomic mass is 16.5. The molecule has 0 unspecified atom stereocenters.